The van der Waals surface area contributed by atoms with Crippen molar-refractivity contribution in [2.75, 3.05) is 24.3 Å². The van der Waals surface area contributed by atoms with Crippen molar-refractivity contribution >= 4 is 27.7 Å². The lowest BCUT2D eigenvalue weighted by atomic mass is 10.0. The van der Waals surface area contributed by atoms with E-state index < -0.39 is 27.9 Å². The van der Waals surface area contributed by atoms with E-state index in [1.54, 1.807) is 18.7 Å². The number of amides is 1. The van der Waals surface area contributed by atoms with Crippen LogP contribution in [0.3, 0.4) is 0 Å². The summed E-state index contributed by atoms with van der Waals surface area (Å²) in [4.78, 5) is 29.8. The van der Waals surface area contributed by atoms with E-state index in [4.69, 9.17) is 4.74 Å². The van der Waals surface area contributed by atoms with E-state index in [0.717, 1.165) is 6.26 Å². The van der Waals surface area contributed by atoms with Gasteiger partial charge in [-0.15, -0.1) is 0 Å². The zero-order valence-electron chi connectivity index (χ0n) is 17.4. The number of carbonyl (C=O) groups excluding carboxylic acids is 2. The van der Waals surface area contributed by atoms with Gasteiger partial charge in [0.2, 0.25) is 10.0 Å². The molecule has 1 unspecified atom stereocenters. The molecule has 162 valence electrons. The fourth-order valence-electron chi connectivity index (χ4n) is 3.15. The molecule has 1 atom stereocenters. The van der Waals surface area contributed by atoms with Crippen LogP contribution < -0.4 is 9.62 Å². The van der Waals surface area contributed by atoms with Crippen LogP contribution in [-0.2, 0) is 19.6 Å². The van der Waals surface area contributed by atoms with Crippen molar-refractivity contribution in [1.29, 1.82) is 5.26 Å². The largest absolute Gasteiger partial charge is 0.462 e. The zero-order valence-corrected chi connectivity index (χ0v) is 18.2. The quantitative estimate of drug-likeness (QED) is 0.592. The number of fused-ring (bicyclic) bond motifs is 1. The maximum atomic E-state index is 12.1. The number of esters is 1. The summed E-state index contributed by atoms with van der Waals surface area (Å²) in [6.07, 6.45) is 1.33. The SMILES string of the molecule is CCOC(=O)c1cc(C#N)c(N2CCC2C(=O)NS(C)(=O)=O)nc1C.c1cc2cc-2c1. The molecule has 2 aliphatic carbocycles. The van der Waals surface area contributed by atoms with Crippen LogP contribution in [0.4, 0.5) is 5.82 Å². The summed E-state index contributed by atoms with van der Waals surface area (Å²) in [6.45, 7) is 3.91. The highest BCUT2D eigenvalue weighted by molar-refractivity contribution is 7.89. The first-order chi connectivity index (χ1) is 14.6. The van der Waals surface area contributed by atoms with Gasteiger partial charge in [0.05, 0.1) is 29.7 Å². The van der Waals surface area contributed by atoms with Crippen molar-refractivity contribution in [2.45, 2.75) is 26.3 Å². The molecule has 1 aromatic rings. The fourth-order valence-corrected chi connectivity index (χ4v) is 3.65. The van der Waals surface area contributed by atoms with E-state index in [2.05, 4.69) is 29.2 Å². The van der Waals surface area contributed by atoms with E-state index in [1.165, 1.54) is 17.2 Å². The molecular weight excluding hydrogens is 420 g/mol. The molecule has 4 rings (SSSR count). The molecule has 31 heavy (non-hydrogen) atoms. The number of ether oxygens (including phenoxy) is 1. The Morgan fingerprint density at radius 2 is 2.00 bits per heavy atom. The lowest BCUT2D eigenvalue weighted by Crippen LogP contribution is -2.57. The van der Waals surface area contributed by atoms with Gasteiger partial charge in [0.1, 0.15) is 17.9 Å². The van der Waals surface area contributed by atoms with Crippen molar-refractivity contribution in [3.05, 3.63) is 47.2 Å². The predicted molar refractivity (Wildman–Crippen MR) is 114 cm³/mol. The molecule has 1 N–H and O–H groups in total. The Balaban J connectivity index is 0.000000381. The van der Waals surface area contributed by atoms with Gasteiger partial charge in [-0.1, -0.05) is 18.2 Å². The predicted octanol–water partition coefficient (Wildman–Crippen LogP) is 1.76. The van der Waals surface area contributed by atoms with Crippen LogP contribution in [-0.4, -0.2) is 50.7 Å². The minimum atomic E-state index is -3.67. The smallest absolute Gasteiger partial charge is 0.340 e. The molecule has 0 spiro atoms. The molecular formula is C21H22N4O5S. The van der Waals surface area contributed by atoms with Gasteiger partial charge in [0.25, 0.3) is 5.91 Å². The lowest BCUT2D eigenvalue weighted by Gasteiger charge is -2.40. The van der Waals surface area contributed by atoms with Crippen molar-refractivity contribution in [2.24, 2.45) is 0 Å². The molecule has 10 heteroatoms. The van der Waals surface area contributed by atoms with Gasteiger partial charge >= 0.3 is 5.97 Å². The van der Waals surface area contributed by atoms with Gasteiger partial charge in [0, 0.05) is 6.54 Å². The van der Waals surface area contributed by atoms with Gasteiger partial charge in [-0.05, 0) is 43.5 Å². The molecule has 9 nitrogen and oxygen atoms in total. The highest BCUT2D eigenvalue weighted by Gasteiger charge is 2.38. The summed E-state index contributed by atoms with van der Waals surface area (Å²) in [6, 6.07) is 11.1. The second-order valence-electron chi connectivity index (χ2n) is 7.14. The molecule has 1 saturated heterocycles. The van der Waals surface area contributed by atoms with E-state index in [9.17, 15) is 23.3 Å². The maximum Gasteiger partial charge on any atom is 0.340 e. The Hall–Kier alpha value is -3.45. The first-order valence-electron chi connectivity index (χ1n) is 9.62. The monoisotopic (exact) mass is 442 g/mol. The molecule has 1 aliphatic heterocycles. The number of rotatable bonds is 5. The minimum Gasteiger partial charge on any atom is -0.462 e. The molecule has 3 aliphatic rings. The molecule has 0 saturated carbocycles. The van der Waals surface area contributed by atoms with Crippen molar-refractivity contribution < 1.29 is 22.7 Å². The lowest BCUT2D eigenvalue weighted by molar-refractivity contribution is -0.121. The van der Waals surface area contributed by atoms with Crippen LogP contribution in [0.5, 0.6) is 0 Å². The number of hydrogen-bond donors (Lipinski definition) is 1. The van der Waals surface area contributed by atoms with Crippen molar-refractivity contribution in [3.63, 3.8) is 0 Å². The normalized spacial score (nSPS) is 15.5. The third-order valence-corrected chi connectivity index (χ3v) is 5.37. The topological polar surface area (TPSA) is 129 Å². The Bertz CT molecular complexity index is 1170. The number of pyridine rings is 1. The van der Waals surface area contributed by atoms with Crippen LogP contribution in [0.1, 0.15) is 35.0 Å². The summed E-state index contributed by atoms with van der Waals surface area (Å²) >= 11 is 0. The number of hydrogen-bond acceptors (Lipinski definition) is 8. The second kappa shape index (κ2) is 8.73. The molecule has 0 bridgehead atoms. The van der Waals surface area contributed by atoms with Crippen LogP contribution >= 0.6 is 0 Å². The summed E-state index contributed by atoms with van der Waals surface area (Å²) in [5.41, 5.74) is 3.51. The number of carbonyl (C=O) groups is 2. The van der Waals surface area contributed by atoms with E-state index >= 15 is 0 Å². The van der Waals surface area contributed by atoms with Crippen LogP contribution in [0.2, 0.25) is 0 Å². The maximum absolute atomic E-state index is 12.1. The first kappa shape index (κ1) is 22.2. The molecule has 1 fully saturated rings. The molecule has 0 aromatic carbocycles. The van der Waals surface area contributed by atoms with Gasteiger partial charge in [-0.3, -0.25) is 9.52 Å². The third-order valence-electron chi connectivity index (χ3n) is 4.80. The number of nitrogens with one attached hydrogen (secondary N) is 1. The average molecular weight is 442 g/mol. The highest BCUT2D eigenvalue weighted by Crippen LogP contribution is 2.32. The van der Waals surface area contributed by atoms with Gasteiger partial charge < -0.3 is 9.64 Å². The first-order valence-corrected chi connectivity index (χ1v) is 11.5. The summed E-state index contributed by atoms with van der Waals surface area (Å²) in [5.74, 6) is -1.01. The second-order valence-corrected chi connectivity index (χ2v) is 8.89. The van der Waals surface area contributed by atoms with Gasteiger partial charge in [0.15, 0.2) is 0 Å². The number of aryl methyl sites for hydroxylation is 1. The molecule has 1 amide bonds. The van der Waals surface area contributed by atoms with Gasteiger partial charge in [-0.2, -0.15) is 5.26 Å². The Labute approximate surface area is 180 Å². The van der Waals surface area contributed by atoms with Crippen molar-refractivity contribution in [1.82, 2.24) is 9.71 Å². The summed E-state index contributed by atoms with van der Waals surface area (Å²) in [7, 11) is -3.67. The summed E-state index contributed by atoms with van der Waals surface area (Å²) in [5, 5.41) is 9.36. The van der Waals surface area contributed by atoms with Crippen molar-refractivity contribution in [3.8, 4) is 17.2 Å². The molecule has 0 radical (unpaired) electrons. The number of nitriles is 1. The Kier molecular flexibility index (Phi) is 6.27. The number of benzene rings is 1. The number of nitrogens with zero attached hydrogens (tertiary/aromatic N) is 3. The highest BCUT2D eigenvalue weighted by atomic mass is 32.2. The van der Waals surface area contributed by atoms with E-state index in [-0.39, 0.29) is 23.6 Å². The zero-order chi connectivity index (χ0) is 22.8. The summed E-state index contributed by atoms with van der Waals surface area (Å²) < 4.78 is 29.3. The Morgan fingerprint density at radius 1 is 1.32 bits per heavy atom. The van der Waals surface area contributed by atoms with E-state index in [1.807, 2.05) is 10.8 Å². The standard InChI is InChI=1S/C15H18N4O5S.C6H4/c1-4-24-15(21)11-7-10(8-16)13(17-9(11)2)19-6-5-12(19)14(20)18-25(3,22)23;1-2-5-4-6(5)3-1/h7,12H,4-6H2,1-3H3,(H,18,20);1-4H. The molecule has 2 heterocycles. The average Bonchev–Trinajstić information content (AvgIpc) is 3.25. The molecule has 1 aromatic heterocycles. The fraction of sp³-hybridized carbons (Fsp3) is 0.333. The van der Waals surface area contributed by atoms with Gasteiger partial charge in [-0.25, -0.2) is 18.2 Å². The van der Waals surface area contributed by atoms with Crippen LogP contribution in [0.15, 0.2) is 30.3 Å². The number of anilines is 1. The van der Waals surface area contributed by atoms with E-state index in [0.29, 0.717) is 18.7 Å². The van der Waals surface area contributed by atoms with Crippen LogP contribution in [0, 0.1) is 18.3 Å². The third kappa shape index (κ3) is 5.19. The number of sulfonamides is 1. The Morgan fingerprint density at radius 3 is 2.42 bits per heavy atom. The van der Waals surface area contributed by atoms with Crippen LogP contribution in [0.25, 0.3) is 11.1 Å². The number of aromatic nitrogens is 1. The minimum absolute atomic E-state index is 0.116.